The lowest BCUT2D eigenvalue weighted by Gasteiger charge is -2.38. The third-order valence-electron chi connectivity index (χ3n) is 7.16. The Balaban J connectivity index is 1.44. The Hall–Kier alpha value is -3.88. The molecular weight excluding hydrogens is 454 g/mol. The van der Waals surface area contributed by atoms with Gasteiger partial charge in [-0.25, -0.2) is 4.79 Å². The van der Waals surface area contributed by atoms with Crippen molar-refractivity contribution in [2.45, 2.75) is 59.0 Å². The van der Waals surface area contributed by atoms with E-state index in [4.69, 9.17) is 4.98 Å². The van der Waals surface area contributed by atoms with Crippen LogP contribution in [0, 0.1) is 11.8 Å². The molecule has 3 aromatic heterocycles. The van der Waals surface area contributed by atoms with E-state index in [1.54, 1.807) is 10.8 Å². The Kier molecular flexibility index (Phi) is 6.63. The van der Waals surface area contributed by atoms with Gasteiger partial charge >= 0.3 is 5.69 Å². The molecule has 9 heteroatoms. The maximum atomic E-state index is 13.5. The van der Waals surface area contributed by atoms with Crippen LogP contribution < -0.4 is 5.69 Å². The number of benzene rings is 1. The molecule has 0 spiro atoms. The number of aryl methyl sites for hydroxylation is 1. The molecule has 1 N–H and O–H groups in total. The van der Waals surface area contributed by atoms with Crippen LogP contribution in [0.15, 0.2) is 53.6 Å². The molecule has 3 heterocycles. The van der Waals surface area contributed by atoms with Gasteiger partial charge in [-0.2, -0.15) is 5.21 Å². The van der Waals surface area contributed by atoms with Crippen molar-refractivity contribution in [2.75, 3.05) is 0 Å². The predicted octanol–water partition coefficient (Wildman–Crippen LogP) is 4.07. The van der Waals surface area contributed by atoms with Gasteiger partial charge in [-0.3, -0.25) is 18.9 Å². The standard InChI is InChI=1S/C27H31N7O2/c1-4-5-8-19-16-34(25-22(17(2)3)13-24(25)35)27(36)33(19)15-18-11-12-23(28-14-18)20-9-6-7-10-21(20)26-29-31-32-30-26/h6-7,9-12,14,16-17,22,25H,4-5,8,13,15H2,1-3H3,(H,29,30,31,32). The minimum atomic E-state index is -0.346. The number of nitrogens with one attached hydrogen (secondary N) is 1. The molecule has 2 atom stereocenters. The fraction of sp³-hybridized carbons (Fsp3) is 0.407. The summed E-state index contributed by atoms with van der Waals surface area (Å²) in [6, 6.07) is 11.4. The number of ketones is 1. The Labute approximate surface area is 209 Å². The molecule has 1 aromatic carbocycles. The number of hydrogen-bond acceptors (Lipinski definition) is 6. The van der Waals surface area contributed by atoms with Crippen molar-refractivity contribution in [3.8, 4) is 22.6 Å². The molecule has 0 saturated heterocycles. The SMILES string of the molecule is CCCCc1cn(C2C(=O)CC2C(C)C)c(=O)n1Cc1ccc(-c2ccccc2-c2nn[nH]n2)nc1. The van der Waals surface area contributed by atoms with Crippen molar-refractivity contribution in [3.63, 3.8) is 0 Å². The lowest BCUT2D eigenvalue weighted by atomic mass is 9.71. The monoisotopic (exact) mass is 485 g/mol. The Morgan fingerprint density at radius 1 is 1.11 bits per heavy atom. The Morgan fingerprint density at radius 3 is 2.56 bits per heavy atom. The molecule has 1 aliphatic carbocycles. The number of aromatic amines is 1. The predicted molar refractivity (Wildman–Crippen MR) is 136 cm³/mol. The molecule has 36 heavy (non-hydrogen) atoms. The summed E-state index contributed by atoms with van der Waals surface area (Å²) in [5.74, 6) is 1.23. The molecule has 0 bridgehead atoms. The summed E-state index contributed by atoms with van der Waals surface area (Å²) in [6.07, 6.45) is 7.10. The van der Waals surface area contributed by atoms with Crippen LogP contribution >= 0.6 is 0 Å². The zero-order valence-corrected chi connectivity index (χ0v) is 20.9. The average Bonchev–Trinajstić information content (AvgIpc) is 3.51. The molecule has 1 fully saturated rings. The second-order valence-corrected chi connectivity index (χ2v) is 9.86. The number of carbonyl (C=O) groups is 1. The highest BCUT2D eigenvalue weighted by atomic mass is 16.2. The molecule has 0 aliphatic heterocycles. The van der Waals surface area contributed by atoms with E-state index in [0.29, 0.717) is 24.7 Å². The van der Waals surface area contributed by atoms with Crippen LogP contribution in [-0.2, 0) is 17.8 Å². The van der Waals surface area contributed by atoms with E-state index in [9.17, 15) is 9.59 Å². The van der Waals surface area contributed by atoms with Crippen LogP contribution in [0.4, 0.5) is 0 Å². The minimum absolute atomic E-state index is 0.115. The highest BCUT2D eigenvalue weighted by Crippen LogP contribution is 2.39. The fourth-order valence-corrected chi connectivity index (χ4v) is 5.02. The van der Waals surface area contributed by atoms with E-state index in [1.807, 2.05) is 47.2 Å². The van der Waals surface area contributed by atoms with Crippen LogP contribution in [0.5, 0.6) is 0 Å². The minimum Gasteiger partial charge on any atom is -0.297 e. The second kappa shape index (κ2) is 10.0. The smallest absolute Gasteiger partial charge is 0.297 e. The molecule has 0 amide bonds. The number of tetrazole rings is 1. The van der Waals surface area contributed by atoms with E-state index in [-0.39, 0.29) is 23.4 Å². The van der Waals surface area contributed by atoms with Crippen molar-refractivity contribution in [2.24, 2.45) is 11.8 Å². The summed E-state index contributed by atoms with van der Waals surface area (Å²) in [6.45, 7) is 6.79. The summed E-state index contributed by atoms with van der Waals surface area (Å²) >= 11 is 0. The molecule has 5 rings (SSSR count). The number of aromatic nitrogens is 7. The molecule has 1 saturated carbocycles. The number of Topliss-reactive ketones (excluding diaryl/α,β-unsaturated/α-hetero) is 1. The van der Waals surface area contributed by atoms with Gasteiger partial charge in [-0.1, -0.05) is 57.5 Å². The fourth-order valence-electron chi connectivity index (χ4n) is 5.02. The van der Waals surface area contributed by atoms with E-state index >= 15 is 0 Å². The van der Waals surface area contributed by atoms with E-state index in [0.717, 1.165) is 47.3 Å². The summed E-state index contributed by atoms with van der Waals surface area (Å²) < 4.78 is 3.49. The highest BCUT2D eigenvalue weighted by Gasteiger charge is 2.43. The second-order valence-electron chi connectivity index (χ2n) is 9.86. The van der Waals surface area contributed by atoms with Gasteiger partial charge < -0.3 is 0 Å². The number of H-pyrrole nitrogens is 1. The van der Waals surface area contributed by atoms with Gasteiger partial charge in [-0.15, -0.1) is 10.2 Å². The first-order chi connectivity index (χ1) is 17.5. The van der Waals surface area contributed by atoms with Crippen LogP contribution in [0.25, 0.3) is 22.6 Å². The maximum Gasteiger partial charge on any atom is 0.329 e. The quantitative estimate of drug-likeness (QED) is 0.383. The van der Waals surface area contributed by atoms with Gasteiger partial charge in [-0.05, 0) is 41.5 Å². The van der Waals surface area contributed by atoms with Gasteiger partial charge in [0.25, 0.3) is 0 Å². The number of nitrogens with zero attached hydrogens (tertiary/aromatic N) is 6. The van der Waals surface area contributed by atoms with Gasteiger partial charge in [0.2, 0.25) is 5.82 Å². The summed E-state index contributed by atoms with van der Waals surface area (Å²) in [4.78, 5) is 30.7. The zero-order chi connectivity index (χ0) is 25.2. The lowest BCUT2D eigenvalue weighted by molar-refractivity contribution is -0.134. The molecule has 1 aliphatic rings. The first kappa shape index (κ1) is 23.8. The molecule has 4 aromatic rings. The van der Waals surface area contributed by atoms with Crippen LogP contribution in [-0.4, -0.2) is 40.5 Å². The topological polar surface area (TPSA) is 111 Å². The molecule has 0 radical (unpaired) electrons. The molecule has 186 valence electrons. The van der Waals surface area contributed by atoms with Crippen molar-refractivity contribution >= 4 is 5.78 Å². The number of carbonyl (C=O) groups excluding carboxylic acids is 1. The third-order valence-corrected chi connectivity index (χ3v) is 7.16. The molecule has 2 unspecified atom stereocenters. The van der Waals surface area contributed by atoms with E-state index in [1.165, 1.54) is 0 Å². The van der Waals surface area contributed by atoms with Crippen molar-refractivity contribution in [1.29, 1.82) is 0 Å². The van der Waals surface area contributed by atoms with Crippen LogP contribution in [0.2, 0.25) is 0 Å². The average molecular weight is 486 g/mol. The summed E-state index contributed by atoms with van der Waals surface area (Å²) in [5, 5.41) is 14.4. The van der Waals surface area contributed by atoms with Gasteiger partial charge in [0.05, 0.1) is 12.2 Å². The zero-order valence-electron chi connectivity index (χ0n) is 20.9. The normalized spacial score (nSPS) is 17.5. The number of hydrogen-bond donors (Lipinski definition) is 1. The van der Waals surface area contributed by atoms with Crippen molar-refractivity contribution < 1.29 is 4.79 Å². The van der Waals surface area contributed by atoms with Crippen LogP contribution in [0.1, 0.15) is 57.3 Å². The highest BCUT2D eigenvalue weighted by molar-refractivity contribution is 5.89. The first-order valence-electron chi connectivity index (χ1n) is 12.6. The van der Waals surface area contributed by atoms with E-state index < -0.39 is 0 Å². The Bertz CT molecular complexity index is 1400. The molecule has 9 nitrogen and oxygen atoms in total. The maximum absolute atomic E-state index is 13.5. The largest absolute Gasteiger partial charge is 0.329 e. The van der Waals surface area contributed by atoms with Crippen molar-refractivity contribution in [1.82, 2.24) is 34.7 Å². The van der Waals surface area contributed by atoms with E-state index in [2.05, 4.69) is 41.4 Å². The summed E-state index contributed by atoms with van der Waals surface area (Å²) in [5.41, 5.74) is 4.31. The van der Waals surface area contributed by atoms with Gasteiger partial charge in [0.15, 0.2) is 5.78 Å². The summed E-state index contributed by atoms with van der Waals surface area (Å²) in [7, 11) is 0. The van der Waals surface area contributed by atoms with Gasteiger partial charge in [0, 0.05) is 35.6 Å². The van der Waals surface area contributed by atoms with Gasteiger partial charge in [0.1, 0.15) is 6.04 Å². The number of pyridine rings is 1. The first-order valence-corrected chi connectivity index (χ1v) is 12.6. The number of rotatable bonds is 9. The van der Waals surface area contributed by atoms with Crippen molar-refractivity contribution in [3.05, 3.63) is 70.5 Å². The third kappa shape index (κ3) is 4.41. The number of imidazole rings is 1. The van der Waals surface area contributed by atoms with Crippen LogP contribution in [0.3, 0.4) is 0 Å². The lowest BCUT2D eigenvalue weighted by Crippen LogP contribution is -2.45. The number of unbranched alkanes of at least 4 members (excludes halogenated alkanes) is 1. The Morgan fingerprint density at radius 2 is 1.92 bits per heavy atom. The molecular formula is C27H31N7O2.